The van der Waals surface area contributed by atoms with Crippen molar-refractivity contribution < 1.29 is 42.8 Å². The molecule has 0 aliphatic heterocycles. The topological polar surface area (TPSA) is 177 Å². The summed E-state index contributed by atoms with van der Waals surface area (Å²) in [5.74, 6) is 0. The zero-order valence-electron chi connectivity index (χ0n) is 39.2. The third kappa shape index (κ3) is 11.6. The average molecular weight is 1090 g/mol. The van der Waals surface area contributed by atoms with Gasteiger partial charge in [0.1, 0.15) is 4.90 Å². The molecule has 6 rings (SSSR count). The highest BCUT2D eigenvalue weighted by Crippen LogP contribution is 2.57. The van der Waals surface area contributed by atoms with Gasteiger partial charge < -0.3 is 0 Å². The number of thiol groups is 1. The molecule has 6 aromatic rings. The lowest BCUT2D eigenvalue weighted by molar-refractivity contribution is 0.262. The van der Waals surface area contributed by atoms with Crippen molar-refractivity contribution in [2.45, 2.75) is 155 Å². The van der Waals surface area contributed by atoms with E-state index >= 15 is 0 Å². The zero-order valence-corrected chi connectivity index (χ0v) is 45.8. The van der Waals surface area contributed by atoms with Gasteiger partial charge in [0, 0.05) is 39.5 Å². The molecule has 0 saturated heterocycles. The van der Waals surface area contributed by atoms with Crippen LogP contribution in [-0.2, 0) is 50.7 Å². The Morgan fingerprint density at radius 1 is 0.449 bits per heavy atom. The van der Waals surface area contributed by atoms with Crippen LogP contribution in [0.3, 0.4) is 0 Å². The second kappa shape index (κ2) is 21.3. The first-order valence-electron chi connectivity index (χ1n) is 22.2. The highest BCUT2D eigenvalue weighted by atomic mass is 32.2. The summed E-state index contributed by atoms with van der Waals surface area (Å²) in [4.78, 5) is 2.86. The quantitative estimate of drug-likeness (QED) is 0.0374. The molecule has 0 heterocycles. The van der Waals surface area contributed by atoms with Gasteiger partial charge in [-0.3, -0.25) is 9.11 Å². The number of sulfone groups is 2. The lowest BCUT2D eigenvalue weighted by Gasteiger charge is -2.50. The molecule has 0 amide bonds. The van der Waals surface area contributed by atoms with Gasteiger partial charge >= 0.3 is 0 Å². The molecule has 0 atom stereocenters. The van der Waals surface area contributed by atoms with Crippen LogP contribution in [0.15, 0.2) is 192 Å². The Morgan fingerprint density at radius 3 is 1.22 bits per heavy atom. The number of benzene rings is 6. The summed E-state index contributed by atoms with van der Waals surface area (Å²) < 4.78 is 125. The number of hydrogen-bond acceptors (Lipinski definition) is 12. The van der Waals surface area contributed by atoms with Gasteiger partial charge in [-0.05, 0) is 164 Å². The lowest BCUT2D eigenvalue weighted by atomic mass is 9.64. The van der Waals surface area contributed by atoms with Crippen molar-refractivity contribution in [3.8, 4) is 0 Å². The van der Waals surface area contributed by atoms with E-state index in [4.69, 9.17) is 0 Å². The Hall–Kier alpha value is -3.56. The van der Waals surface area contributed by atoms with Crippen molar-refractivity contribution in [3.63, 3.8) is 0 Å². The molecule has 10 nitrogen and oxygen atoms in total. The fourth-order valence-corrected chi connectivity index (χ4v) is 16.6. The fraction of sp³-hybridized carbons (Fsp3) is 0.294. The van der Waals surface area contributed by atoms with Crippen LogP contribution in [0.2, 0.25) is 0 Å². The number of rotatable bonds is 20. The van der Waals surface area contributed by atoms with Crippen molar-refractivity contribution in [1.29, 1.82) is 0 Å². The Balaban J connectivity index is 1.19. The minimum atomic E-state index is -5.01. The van der Waals surface area contributed by atoms with E-state index in [1.54, 1.807) is 47.8 Å². The normalized spacial score (nSPS) is 13.1. The second-order valence-corrected chi connectivity index (χ2v) is 28.1. The van der Waals surface area contributed by atoms with E-state index in [1.807, 2.05) is 100 Å². The molecule has 2 N–H and O–H groups in total. The van der Waals surface area contributed by atoms with E-state index in [9.17, 15) is 42.8 Å². The molecule has 0 radical (unpaired) electrons. The zero-order chi connectivity index (χ0) is 50.8. The second-order valence-electron chi connectivity index (χ2n) is 17.2. The summed E-state index contributed by atoms with van der Waals surface area (Å²) in [6.07, 6.45) is 3.00. The maximum Gasteiger partial charge on any atom is 0.295 e. The predicted octanol–water partition coefficient (Wildman–Crippen LogP) is 13.5. The molecule has 368 valence electrons. The maximum atomic E-state index is 13.9. The summed E-state index contributed by atoms with van der Waals surface area (Å²) in [5.41, 5.74) is 0.424. The number of thioether (sulfide) groups is 1. The van der Waals surface area contributed by atoms with Gasteiger partial charge in [0.05, 0.1) is 24.5 Å². The van der Waals surface area contributed by atoms with Gasteiger partial charge in [0.25, 0.3) is 20.2 Å². The first kappa shape index (κ1) is 54.8. The SMILES string of the molecule is CCC(C)(C)c1ccc(S(=O)(=O)c2ccc(Sc3ccc(Sc4ccc(SC(CC)(CC)C(CC)(CC)c5ccc(S(=O)(=O)c6ccc(S)c(S(=O)(=O)O)c6)cc5S(=O)(=O)O)cc4)cc3)cc2)cc1. The van der Waals surface area contributed by atoms with Crippen LogP contribution in [-0.4, -0.2) is 47.5 Å². The van der Waals surface area contributed by atoms with Crippen LogP contribution < -0.4 is 0 Å². The van der Waals surface area contributed by atoms with E-state index in [0.29, 0.717) is 25.7 Å². The van der Waals surface area contributed by atoms with E-state index in [1.165, 1.54) is 23.9 Å². The molecule has 6 aromatic carbocycles. The summed E-state index contributed by atoms with van der Waals surface area (Å²) >= 11 is 8.76. The minimum Gasteiger partial charge on any atom is -0.282 e. The fourth-order valence-electron chi connectivity index (χ4n) is 8.73. The molecule has 0 bridgehead atoms. The molecule has 18 heteroatoms. The average Bonchev–Trinajstić information content (AvgIpc) is 3.32. The standard InChI is InChI=1S/C51H56O10S8/c1-8-49(6,7)35-13-25-41(26-14-35)66(52,53)42-27-23-39(24-28-42)64-37-17-15-36(16-18-37)63-38-19-21-40(22-20-38)65-51(11-4,12-5)50(9-2,10-3)45-31-29-43(33-47(45)68(56,57)58)67(54,55)44-30-32-46(62)48(34-44)69(59,60)61/h13-34,62H,8-12H2,1-7H3,(H,56,57,58)(H,59,60,61). The Bertz CT molecular complexity index is 3260. The van der Waals surface area contributed by atoms with Crippen LogP contribution >= 0.6 is 47.9 Å². The van der Waals surface area contributed by atoms with Crippen LogP contribution in [0.25, 0.3) is 0 Å². The van der Waals surface area contributed by atoms with Gasteiger partial charge in [-0.25, -0.2) is 16.8 Å². The van der Waals surface area contributed by atoms with Gasteiger partial charge in [0.15, 0.2) is 0 Å². The van der Waals surface area contributed by atoms with Gasteiger partial charge in [-0.2, -0.15) is 16.8 Å². The Labute approximate surface area is 426 Å². The van der Waals surface area contributed by atoms with Crippen molar-refractivity contribution in [2.24, 2.45) is 0 Å². The molecule has 69 heavy (non-hydrogen) atoms. The minimum absolute atomic E-state index is 0.0405. The van der Waals surface area contributed by atoms with Crippen LogP contribution in [0.4, 0.5) is 0 Å². The van der Waals surface area contributed by atoms with Gasteiger partial charge in [-0.15, -0.1) is 24.4 Å². The van der Waals surface area contributed by atoms with Crippen molar-refractivity contribution in [3.05, 3.63) is 145 Å². The van der Waals surface area contributed by atoms with Crippen LogP contribution in [0.5, 0.6) is 0 Å². The molecule has 0 aliphatic carbocycles. The third-order valence-corrected chi connectivity index (χ3v) is 23.0. The van der Waals surface area contributed by atoms with E-state index in [0.717, 1.165) is 60.7 Å². The highest BCUT2D eigenvalue weighted by molar-refractivity contribution is 8.01. The predicted molar refractivity (Wildman–Crippen MR) is 279 cm³/mol. The Morgan fingerprint density at radius 2 is 0.812 bits per heavy atom. The van der Waals surface area contributed by atoms with E-state index in [2.05, 4.69) is 33.4 Å². The molecule has 0 aliphatic rings. The summed E-state index contributed by atoms with van der Waals surface area (Å²) in [7, 11) is -18.1. The molecule has 0 saturated carbocycles. The van der Waals surface area contributed by atoms with Crippen molar-refractivity contribution in [1.82, 2.24) is 0 Å². The summed E-state index contributed by atoms with van der Waals surface area (Å²) in [6, 6.07) is 36.9. The summed E-state index contributed by atoms with van der Waals surface area (Å²) in [6.45, 7) is 14.3. The largest absolute Gasteiger partial charge is 0.295 e. The van der Waals surface area contributed by atoms with E-state index < -0.39 is 69.7 Å². The van der Waals surface area contributed by atoms with Gasteiger partial charge in [0.2, 0.25) is 19.7 Å². The molecule has 0 unspecified atom stereocenters. The number of hydrogen-bond donors (Lipinski definition) is 3. The first-order valence-corrected chi connectivity index (χ1v) is 30.9. The molecular formula is C51H56O10S8. The maximum absolute atomic E-state index is 13.9. The molecule has 0 spiro atoms. The monoisotopic (exact) mass is 1080 g/mol. The van der Waals surface area contributed by atoms with Crippen LogP contribution in [0.1, 0.15) is 91.7 Å². The van der Waals surface area contributed by atoms with Crippen molar-refractivity contribution >= 4 is 87.8 Å². The van der Waals surface area contributed by atoms with E-state index in [-0.39, 0.29) is 25.7 Å². The third-order valence-electron chi connectivity index (χ3n) is 13.2. The molecule has 0 aromatic heterocycles. The Kier molecular flexibility index (Phi) is 16.9. The first-order chi connectivity index (χ1) is 32.3. The molecular weight excluding hydrogens is 1030 g/mol. The van der Waals surface area contributed by atoms with Crippen LogP contribution in [0, 0.1) is 0 Å². The summed E-state index contributed by atoms with van der Waals surface area (Å²) in [5, 5.41) is 0. The van der Waals surface area contributed by atoms with Crippen molar-refractivity contribution in [2.75, 3.05) is 0 Å². The lowest BCUT2D eigenvalue weighted by Crippen LogP contribution is -2.48. The molecule has 0 fully saturated rings. The smallest absolute Gasteiger partial charge is 0.282 e. The van der Waals surface area contributed by atoms with Gasteiger partial charge in [-0.1, -0.05) is 90.2 Å². The highest BCUT2D eigenvalue weighted by Gasteiger charge is 2.51.